The van der Waals surface area contributed by atoms with Crippen LogP contribution in [0.3, 0.4) is 0 Å². The predicted molar refractivity (Wildman–Crippen MR) is 94.9 cm³/mol. The van der Waals surface area contributed by atoms with Crippen LogP contribution in [0.2, 0.25) is 0 Å². The van der Waals surface area contributed by atoms with E-state index in [9.17, 15) is 9.90 Å². The van der Waals surface area contributed by atoms with Crippen LogP contribution in [-0.2, 0) is 11.2 Å². The molecule has 6 heteroatoms. The zero-order valence-electron chi connectivity index (χ0n) is 13.5. The van der Waals surface area contributed by atoms with Crippen molar-refractivity contribution in [2.24, 2.45) is 4.99 Å². The van der Waals surface area contributed by atoms with Gasteiger partial charge in [0.2, 0.25) is 0 Å². The standard InChI is InChI=1S/C17H20N2O3S/c1-5-7-12-8-11(9-13(15(12)20)22-6-2)10-14-16(21)19(4)17(18-3)23-14/h5,8-10,20H,1,6-7H2,2-4H3/b14-10-,18-17?. The molecule has 2 rings (SSSR count). The highest BCUT2D eigenvalue weighted by atomic mass is 32.2. The van der Waals surface area contributed by atoms with Crippen molar-refractivity contribution in [2.75, 3.05) is 20.7 Å². The van der Waals surface area contributed by atoms with Crippen molar-refractivity contribution in [3.05, 3.63) is 40.8 Å². The molecular formula is C17H20N2O3S. The number of carbonyl (C=O) groups is 1. The van der Waals surface area contributed by atoms with Crippen LogP contribution in [0.25, 0.3) is 6.08 Å². The van der Waals surface area contributed by atoms with Crippen molar-refractivity contribution >= 4 is 28.9 Å². The first kappa shape index (κ1) is 17.1. The van der Waals surface area contributed by atoms with Gasteiger partial charge in [0.25, 0.3) is 5.91 Å². The number of carbonyl (C=O) groups excluding carboxylic acids is 1. The molecule has 0 spiro atoms. The van der Waals surface area contributed by atoms with E-state index in [1.807, 2.05) is 13.0 Å². The fraction of sp³-hybridized carbons (Fsp3) is 0.294. The number of hydrogen-bond acceptors (Lipinski definition) is 5. The number of amides is 1. The van der Waals surface area contributed by atoms with Gasteiger partial charge in [-0.15, -0.1) is 6.58 Å². The molecule has 0 bridgehead atoms. The lowest BCUT2D eigenvalue weighted by Gasteiger charge is -2.11. The molecule has 1 aliphatic rings. The molecule has 1 fully saturated rings. The van der Waals surface area contributed by atoms with Crippen molar-refractivity contribution < 1.29 is 14.6 Å². The summed E-state index contributed by atoms with van der Waals surface area (Å²) in [6.45, 7) is 6.00. The van der Waals surface area contributed by atoms with E-state index >= 15 is 0 Å². The lowest BCUT2D eigenvalue weighted by atomic mass is 10.1. The summed E-state index contributed by atoms with van der Waals surface area (Å²) in [6.07, 6.45) is 4.02. The summed E-state index contributed by atoms with van der Waals surface area (Å²) in [5.41, 5.74) is 1.51. The Kier molecular flexibility index (Phi) is 5.50. The molecule has 0 radical (unpaired) electrons. The van der Waals surface area contributed by atoms with E-state index in [1.165, 1.54) is 16.7 Å². The highest BCUT2D eigenvalue weighted by molar-refractivity contribution is 8.18. The number of phenolic OH excluding ortho intramolecular Hbond substituents is 1. The van der Waals surface area contributed by atoms with Crippen molar-refractivity contribution in [3.63, 3.8) is 0 Å². The number of aliphatic imine (C=N–C) groups is 1. The van der Waals surface area contributed by atoms with Crippen LogP contribution >= 0.6 is 11.8 Å². The van der Waals surface area contributed by atoms with Crippen LogP contribution in [0.5, 0.6) is 11.5 Å². The molecule has 0 atom stereocenters. The first-order valence-electron chi connectivity index (χ1n) is 7.25. The Bertz CT molecular complexity index is 695. The summed E-state index contributed by atoms with van der Waals surface area (Å²) >= 11 is 1.33. The average Bonchev–Trinajstić information content (AvgIpc) is 2.80. The highest BCUT2D eigenvalue weighted by Gasteiger charge is 2.29. The van der Waals surface area contributed by atoms with Crippen molar-refractivity contribution in [1.29, 1.82) is 0 Å². The Hall–Kier alpha value is -2.21. The smallest absolute Gasteiger partial charge is 0.266 e. The van der Waals surface area contributed by atoms with Gasteiger partial charge in [-0.2, -0.15) is 0 Å². The molecule has 23 heavy (non-hydrogen) atoms. The summed E-state index contributed by atoms with van der Waals surface area (Å²) in [5, 5.41) is 10.9. The van der Waals surface area contributed by atoms with E-state index in [0.29, 0.717) is 34.4 Å². The number of rotatable bonds is 5. The second-order valence-corrected chi connectivity index (χ2v) is 5.94. The molecule has 5 nitrogen and oxygen atoms in total. The van der Waals surface area contributed by atoms with Gasteiger partial charge >= 0.3 is 0 Å². The van der Waals surface area contributed by atoms with E-state index in [4.69, 9.17) is 4.74 Å². The van der Waals surface area contributed by atoms with E-state index in [0.717, 1.165) is 5.56 Å². The fourth-order valence-electron chi connectivity index (χ4n) is 2.25. The van der Waals surface area contributed by atoms with Crippen LogP contribution < -0.4 is 4.74 Å². The maximum Gasteiger partial charge on any atom is 0.266 e. The molecule has 1 aliphatic heterocycles. The van der Waals surface area contributed by atoms with Gasteiger partial charge in [0.1, 0.15) is 0 Å². The van der Waals surface area contributed by atoms with Gasteiger partial charge in [0.05, 0.1) is 11.5 Å². The number of amidine groups is 1. The molecule has 1 amide bonds. The Morgan fingerprint density at radius 2 is 2.22 bits per heavy atom. The van der Waals surface area contributed by atoms with Gasteiger partial charge in [-0.05, 0) is 48.9 Å². The van der Waals surface area contributed by atoms with Crippen molar-refractivity contribution in [3.8, 4) is 11.5 Å². The number of phenols is 1. The molecule has 0 aliphatic carbocycles. The van der Waals surface area contributed by atoms with Crippen molar-refractivity contribution in [1.82, 2.24) is 4.90 Å². The van der Waals surface area contributed by atoms with Crippen LogP contribution in [-0.4, -0.2) is 41.8 Å². The minimum atomic E-state index is -0.0908. The highest BCUT2D eigenvalue weighted by Crippen LogP contribution is 2.36. The fourth-order valence-corrected chi connectivity index (χ4v) is 3.18. The Labute approximate surface area is 140 Å². The SMILES string of the molecule is C=CCc1cc(/C=C2\SC(=NC)N(C)C2=O)cc(OCC)c1O. The second kappa shape index (κ2) is 7.37. The predicted octanol–water partition coefficient (Wildman–Crippen LogP) is 3.05. The minimum absolute atomic E-state index is 0.0908. The largest absolute Gasteiger partial charge is 0.504 e. The zero-order chi connectivity index (χ0) is 17.0. The molecule has 0 aromatic heterocycles. The van der Waals surface area contributed by atoms with Crippen LogP contribution in [0.15, 0.2) is 34.7 Å². The third-order valence-electron chi connectivity index (χ3n) is 3.33. The quantitative estimate of drug-likeness (QED) is 0.665. The summed E-state index contributed by atoms with van der Waals surface area (Å²) in [4.78, 5) is 18.4. The summed E-state index contributed by atoms with van der Waals surface area (Å²) in [7, 11) is 3.36. The molecule has 0 saturated carbocycles. The van der Waals surface area contributed by atoms with Gasteiger partial charge in [0, 0.05) is 19.7 Å². The molecule has 0 unspecified atom stereocenters. The summed E-state index contributed by atoms with van der Waals surface area (Å²) in [5.74, 6) is 0.436. The van der Waals surface area contributed by atoms with Crippen molar-refractivity contribution in [2.45, 2.75) is 13.3 Å². The van der Waals surface area contributed by atoms with Gasteiger partial charge < -0.3 is 9.84 Å². The third kappa shape index (κ3) is 3.59. The average molecular weight is 332 g/mol. The number of thioether (sulfide) groups is 1. The number of benzene rings is 1. The number of allylic oxidation sites excluding steroid dienone is 1. The topological polar surface area (TPSA) is 62.1 Å². The second-order valence-electron chi connectivity index (χ2n) is 4.93. The number of likely N-dealkylation sites (N-methyl/N-ethyl adjacent to an activating group) is 1. The molecule has 1 N–H and O–H groups in total. The molecule has 1 heterocycles. The number of hydrogen-bond donors (Lipinski definition) is 1. The maximum atomic E-state index is 12.2. The number of nitrogens with zero attached hydrogens (tertiary/aromatic N) is 2. The summed E-state index contributed by atoms with van der Waals surface area (Å²) in [6, 6.07) is 3.56. The minimum Gasteiger partial charge on any atom is -0.504 e. The Morgan fingerprint density at radius 3 is 2.78 bits per heavy atom. The van der Waals surface area contributed by atoms with Gasteiger partial charge in [-0.1, -0.05) is 6.08 Å². The molecule has 1 aromatic rings. The van der Waals surface area contributed by atoms with Gasteiger partial charge in [0.15, 0.2) is 16.7 Å². The van der Waals surface area contributed by atoms with Gasteiger partial charge in [-0.25, -0.2) is 0 Å². The lowest BCUT2D eigenvalue weighted by molar-refractivity contribution is -0.121. The number of ether oxygens (including phenoxy) is 1. The van der Waals surface area contributed by atoms with E-state index in [2.05, 4.69) is 11.6 Å². The lowest BCUT2D eigenvalue weighted by Crippen LogP contribution is -2.23. The molecule has 1 saturated heterocycles. The number of aromatic hydroxyl groups is 1. The molecule has 122 valence electrons. The monoisotopic (exact) mass is 332 g/mol. The van der Waals surface area contributed by atoms with E-state index < -0.39 is 0 Å². The molecular weight excluding hydrogens is 312 g/mol. The van der Waals surface area contributed by atoms with Gasteiger partial charge in [-0.3, -0.25) is 14.7 Å². The van der Waals surface area contributed by atoms with Crippen LogP contribution in [0.4, 0.5) is 0 Å². The summed E-state index contributed by atoms with van der Waals surface area (Å²) < 4.78 is 5.48. The third-order valence-corrected chi connectivity index (χ3v) is 4.48. The first-order chi connectivity index (χ1) is 11.0. The van der Waals surface area contributed by atoms with Crippen LogP contribution in [0.1, 0.15) is 18.1 Å². The van der Waals surface area contributed by atoms with Crippen LogP contribution in [0, 0.1) is 0 Å². The van der Waals surface area contributed by atoms with E-state index in [1.54, 1.807) is 32.3 Å². The molecule has 1 aromatic carbocycles. The van der Waals surface area contributed by atoms with E-state index in [-0.39, 0.29) is 11.7 Å². The Morgan fingerprint density at radius 1 is 1.48 bits per heavy atom. The first-order valence-corrected chi connectivity index (χ1v) is 8.07. The maximum absolute atomic E-state index is 12.2. The Balaban J connectivity index is 2.45. The normalized spacial score (nSPS) is 18.0. The zero-order valence-corrected chi connectivity index (χ0v) is 14.3.